The Morgan fingerprint density at radius 1 is 1.24 bits per heavy atom. The summed E-state index contributed by atoms with van der Waals surface area (Å²) in [6.07, 6.45) is 3.77. The smallest absolute Gasteiger partial charge is 0.184 e. The molecule has 4 rings (SSSR count). The molecule has 1 fully saturated rings. The predicted octanol–water partition coefficient (Wildman–Crippen LogP) is 3.30. The number of benzene rings is 1. The Morgan fingerprint density at radius 3 is 2.80 bits per heavy atom. The van der Waals surface area contributed by atoms with E-state index in [1.54, 1.807) is 16.8 Å². The average Bonchev–Trinajstić information content (AvgIpc) is 3.02. The molecule has 0 radical (unpaired) electrons. The SMILES string of the molecule is CC1CCN(c2ncnc3c2nnn3Cc2c(F)cccc2Cl)CC1. The highest BCUT2D eigenvalue weighted by Gasteiger charge is 2.22. The van der Waals surface area contributed by atoms with Crippen LogP contribution in [0.3, 0.4) is 0 Å². The van der Waals surface area contributed by atoms with Gasteiger partial charge in [0.05, 0.1) is 6.54 Å². The number of halogens is 2. The van der Waals surface area contributed by atoms with Gasteiger partial charge in [-0.3, -0.25) is 0 Å². The van der Waals surface area contributed by atoms with Gasteiger partial charge in [0.15, 0.2) is 17.0 Å². The lowest BCUT2D eigenvalue weighted by atomic mass is 9.99. The minimum Gasteiger partial charge on any atom is -0.355 e. The van der Waals surface area contributed by atoms with Crippen molar-refractivity contribution in [1.29, 1.82) is 0 Å². The molecule has 3 aromatic rings. The lowest BCUT2D eigenvalue weighted by molar-refractivity contribution is 0.437. The van der Waals surface area contributed by atoms with Crippen LogP contribution in [0, 0.1) is 11.7 Å². The molecule has 1 saturated heterocycles. The number of piperidine rings is 1. The van der Waals surface area contributed by atoms with E-state index in [1.165, 1.54) is 12.4 Å². The van der Waals surface area contributed by atoms with Crippen molar-refractivity contribution in [3.8, 4) is 0 Å². The van der Waals surface area contributed by atoms with Crippen LogP contribution in [-0.4, -0.2) is 38.1 Å². The molecule has 0 N–H and O–H groups in total. The summed E-state index contributed by atoms with van der Waals surface area (Å²) in [6, 6.07) is 4.63. The fourth-order valence-electron chi connectivity index (χ4n) is 3.17. The van der Waals surface area contributed by atoms with Crippen molar-refractivity contribution < 1.29 is 4.39 Å². The second-order valence-electron chi connectivity index (χ2n) is 6.49. The van der Waals surface area contributed by atoms with E-state index >= 15 is 0 Å². The van der Waals surface area contributed by atoms with Crippen LogP contribution in [0.4, 0.5) is 10.2 Å². The first-order valence-corrected chi connectivity index (χ1v) is 8.73. The van der Waals surface area contributed by atoms with Crippen LogP contribution >= 0.6 is 11.6 Å². The molecule has 130 valence electrons. The van der Waals surface area contributed by atoms with Gasteiger partial charge in [-0.2, -0.15) is 0 Å². The van der Waals surface area contributed by atoms with E-state index in [0.29, 0.717) is 21.7 Å². The zero-order chi connectivity index (χ0) is 17.4. The maximum Gasteiger partial charge on any atom is 0.184 e. The molecule has 0 atom stereocenters. The molecule has 6 nitrogen and oxygen atoms in total. The second-order valence-corrected chi connectivity index (χ2v) is 6.89. The highest BCUT2D eigenvalue weighted by Crippen LogP contribution is 2.27. The normalized spacial score (nSPS) is 15.9. The minimum absolute atomic E-state index is 0.176. The summed E-state index contributed by atoms with van der Waals surface area (Å²) in [7, 11) is 0. The lowest BCUT2D eigenvalue weighted by Gasteiger charge is -2.30. The molecule has 1 aliphatic heterocycles. The Labute approximate surface area is 149 Å². The summed E-state index contributed by atoms with van der Waals surface area (Å²) in [4.78, 5) is 10.9. The molecule has 8 heteroatoms. The molecule has 0 amide bonds. The first-order valence-electron chi connectivity index (χ1n) is 8.35. The van der Waals surface area contributed by atoms with Gasteiger partial charge in [-0.25, -0.2) is 19.0 Å². The van der Waals surface area contributed by atoms with Crippen molar-refractivity contribution in [1.82, 2.24) is 25.0 Å². The summed E-state index contributed by atoms with van der Waals surface area (Å²) in [5.74, 6) is 1.16. The molecule has 1 aromatic carbocycles. The summed E-state index contributed by atoms with van der Waals surface area (Å²) in [5.41, 5.74) is 1.61. The summed E-state index contributed by atoms with van der Waals surface area (Å²) < 4.78 is 15.6. The van der Waals surface area contributed by atoms with Crippen LogP contribution in [-0.2, 0) is 6.54 Å². The largest absolute Gasteiger partial charge is 0.355 e. The van der Waals surface area contributed by atoms with Crippen LogP contribution in [0.25, 0.3) is 11.2 Å². The van der Waals surface area contributed by atoms with Crippen LogP contribution in [0.2, 0.25) is 5.02 Å². The summed E-state index contributed by atoms with van der Waals surface area (Å²) in [6.45, 7) is 4.33. The summed E-state index contributed by atoms with van der Waals surface area (Å²) in [5, 5.41) is 8.77. The Balaban J connectivity index is 1.69. The summed E-state index contributed by atoms with van der Waals surface area (Å²) >= 11 is 6.12. The Kier molecular flexibility index (Phi) is 4.25. The van der Waals surface area contributed by atoms with E-state index in [-0.39, 0.29) is 12.4 Å². The quantitative estimate of drug-likeness (QED) is 0.717. The van der Waals surface area contributed by atoms with Crippen molar-refractivity contribution in [2.75, 3.05) is 18.0 Å². The van der Waals surface area contributed by atoms with Gasteiger partial charge < -0.3 is 4.90 Å². The standard InChI is InChI=1S/C17H18ClFN6/c1-11-5-7-24(8-6-11)16-15-17(21-10-20-16)25(23-22-15)9-12-13(18)3-2-4-14(12)19/h2-4,10-11H,5-9H2,1H3. The number of hydrogen-bond acceptors (Lipinski definition) is 5. The highest BCUT2D eigenvalue weighted by atomic mass is 35.5. The molecular weight excluding hydrogens is 343 g/mol. The minimum atomic E-state index is -0.365. The van der Waals surface area contributed by atoms with E-state index < -0.39 is 0 Å². The van der Waals surface area contributed by atoms with Crippen molar-refractivity contribution in [2.45, 2.75) is 26.3 Å². The monoisotopic (exact) mass is 360 g/mol. The molecule has 25 heavy (non-hydrogen) atoms. The van der Waals surface area contributed by atoms with Crippen molar-refractivity contribution >= 4 is 28.6 Å². The third kappa shape index (κ3) is 3.04. The number of fused-ring (bicyclic) bond motifs is 1. The Hall–Kier alpha value is -2.28. The number of rotatable bonds is 3. The van der Waals surface area contributed by atoms with Gasteiger partial charge in [0, 0.05) is 23.7 Å². The van der Waals surface area contributed by atoms with E-state index in [1.807, 2.05) is 0 Å². The lowest BCUT2D eigenvalue weighted by Crippen LogP contribution is -2.33. The highest BCUT2D eigenvalue weighted by molar-refractivity contribution is 6.31. The zero-order valence-corrected chi connectivity index (χ0v) is 14.6. The van der Waals surface area contributed by atoms with E-state index in [0.717, 1.165) is 37.7 Å². The second kappa shape index (κ2) is 6.55. The zero-order valence-electron chi connectivity index (χ0n) is 13.9. The average molecular weight is 361 g/mol. The fraction of sp³-hybridized carbons (Fsp3) is 0.412. The van der Waals surface area contributed by atoms with Gasteiger partial charge in [-0.05, 0) is 30.9 Å². The fourth-order valence-corrected chi connectivity index (χ4v) is 3.39. The van der Waals surface area contributed by atoms with Crippen LogP contribution in [0.15, 0.2) is 24.5 Å². The van der Waals surface area contributed by atoms with E-state index in [9.17, 15) is 4.39 Å². The molecule has 2 aromatic heterocycles. The molecule has 3 heterocycles. The van der Waals surface area contributed by atoms with Gasteiger partial charge in [0.1, 0.15) is 12.1 Å². The van der Waals surface area contributed by atoms with Crippen molar-refractivity contribution in [3.05, 3.63) is 40.9 Å². The maximum absolute atomic E-state index is 14.1. The Bertz CT molecular complexity index is 883. The molecule has 0 saturated carbocycles. The Morgan fingerprint density at radius 2 is 2.04 bits per heavy atom. The number of nitrogens with zero attached hydrogens (tertiary/aromatic N) is 6. The molecule has 0 unspecified atom stereocenters. The van der Waals surface area contributed by atoms with Crippen LogP contribution in [0.1, 0.15) is 25.3 Å². The predicted molar refractivity (Wildman–Crippen MR) is 94.2 cm³/mol. The number of aromatic nitrogens is 5. The topological polar surface area (TPSA) is 59.7 Å². The first kappa shape index (κ1) is 16.2. The van der Waals surface area contributed by atoms with Crippen LogP contribution < -0.4 is 4.90 Å². The third-order valence-corrected chi connectivity index (χ3v) is 5.09. The molecule has 0 spiro atoms. The first-order chi connectivity index (χ1) is 12.1. The molecular formula is C17H18ClFN6. The number of hydrogen-bond donors (Lipinski definition) is 0. The van der Waals surface area contributed by atoms with Gasteiger partial charge in [-0.1, -0.05) is 29.8 Å². The van der Waals surface area contributed by atoms with E-state index in [4.69, 9.17) is 11.6 Å². The molecule has 0 aliphatic carbocycles. The van der Waals surface area contributed by atoms with Gasteiger partial charge in [0.25, 0.3) is 0 Å². The van der Waals surface area contributed by atoms with Gasteiger partial charge in [0.2, 0.25) is 0 Å². The van der Waals surface area contributed by atoms with Crippen molar-refractivity contribution in [3.63, 3.8) is 0 Å². The molecule has 1 aliphatic rings. The molecule has 0 bridgehead atoms. The van der Waals surface area contributed by atoms with E-state index in [2.05, 4.69) is 32.1 Å². The van der Waals surface area contributed by atoms with Gasteiger partial charge in [-0.15, -0.1) is 5.10 Å². The maximum atomic E-state index is 14.1. The number of anilines is 1. The third-order valence-electron chi connectivity index (χ3n) is 4.73. The van der Waals surface area contributed by atoms with Crippen LogP contribution in [0.5, 0.6) is 0 Å². The van der Waals surface area contributed by atoms with Gasteiger partial charge >= 0.3 is 0 Å². The van der Waals surface area contributed by atoms with Crippen molar-refractivity contribution in [2.24, 2.45) is 5.92 Å².